The SMILES string of the molecule is CC(C)(C)OC(=O)N1CCC(N2Cc3cc(-c4noc(C(F)(F)F)n4)ccc3C2=O)C(c2ccccc2)C1. The first-order chi connectivity index (χ1) is 17.9. The maximum absolute atomic E-state index is 13.5. The van der Waals surface area contributed by atoms with Crippen molar-refractivity contribution >= 4 is 12.0 Å². The van der Waals surface area contributed by atoms with Crippen LogP contribution in [0.3, 0.4) is 0 Å². The Balaban J connectivity index is 1.40. The molecule has 2 aromatic carbocycles. The highest BCUT2D eigenvalue weighted by Gasteiger charge is 2.42. The minimum absolute atomic E-state index is 0.151. The number of hydrogen-bond donors (Lipinski definition) is 0. The van der Waals surface area contributed by atoms with Crippen molar-refractivity contribution < 1.29 is 32.0 Å². The van der Waals surface area contributed by atoms with E-state index < -0.39 is 23.8 Å². The van der Waals surface area contributed by atoms with Crippen LogP contribution in [0.15, 0.2) is 53.1 Å². The van der Waals surface area contributed by atoms with E-state index in [1.807, 2.05) is 51.1 Å². The van der Waals surface area contributed by atoms with Crippen LogP contribution in [-0.4, -0.2) is 56.7 Å². The third-order valence-corrected chi connectivity index (χ3v) is 6.72. The van der Waals surface area contributed by atoms with E-state index in [1.165, 1.54) is 6.07 Å². The summed E-state index contributed by atoms with van der Waals surface area (Å²) in [5, 5.41) is 3.45. The van der Waals surface area contributed by atoms with E-state index in [0.29, 0.717) is 36.2 Å². The number of aromatic nitrogens is 2. The van der Waals surface area contributed by atoms with Crippen molar-refractivity contribution in [2.24, 2.45) is 0 Å². The van der Waals surface area contributed by atoms with Gasteiger partial charge < -0.3 is 19.1 Å². The molecule has 0 spiro atoms. The smallest absolute Gasteiger partial charge is 0.444 e. The average molecular weight is 529 g/mol. The maximum Gasteiger partial charge on any atom is 0.471 e. The topological polar surface area (TPSA) is 88.8 Å². The maximum atomic E-state index is 13.5. The summed E-state index contributed by atoms with van der Waals surface area (Å²) in [4.78, 5) is 33.2. The molecule has 2 amide bonds. The summed E-state index contributed by atoms with van der Waals surface area (Å²) >= 11 is 0. The quantitative estimate of drug-likeness (QED) is 0.446. The van der Waals surface area contributed by atoms with E-state index in [1.54, 1.807) is 21.9 Å². The van der Waals surface area contributed by atoms with Gasteiger partial charge in [0, 0.05) is 42.7 Å². The molecule has 2 unspecified atom stereocenters. The van der Waals surface area contributed by atoms with Gasteiger partial charge in [0.25, 0.3) is 5.91 Å². The van der Waals surface area contributed by atoms with Gasteiger partial charge in [0.15, 0.2) is 0 Å². The van der Waals surface area contributed by atoms with E-state index in [0.717, 1.165) is 5.56 Å². The highest BCUT2D eigenvalue weighted by atomic mass is 19.4. The Morgan fingerprint density at radius 2 is 1.84 bits per heavy atom. The fourth-order valence-corrected chi connectivity index (χ4v) is 5.04. The fourth-order valence-electron chi connectivity index (χ4n) is 5.04. The van der Waals surface area contributed by atoms with Crippen LogP contribution in [0, 0.1) is 0 Å². The fraction of sp³-hybridized carbons (Fsp3) is 0.407. The van der Waals surface area contributed by atoms with Gasteiger partial charge in [0.1, 0.15) is 5.60 Å². The normalized spacial score (nSPS) is 20.0. The molecule has 11 heteroatoms. The molecule has 1 fully saturated rings. The zero-order chi connectivity index (χ0) is 27.2. The third kappa shape index (κ3) is 5.09. The summed E-state index contributed by atoms with van der Waals surface area (Å²) in [5.41, 5.74) is 1.86. The lowest BCUT2D eigenvalue weighted by Crippen LogP contribution is -2.52. The number of rotatable bonds is 3. The highest BCUT2D eigenvalue weighted by molar-refractivity contribution is 5.99. The number of likely N-dealkylation sites (tertiary alicyclic amines) is 1. The molecule has 0 aliphatic carbocycles. The largest absolute Gasteiger partial charge is 0.471 e. The summed E-state index contributed by atoms with van der Waals surface area (Å²) in [7, 11) is 0. The molecule has 2 atom stereocenters. The Labute approximate surface area is 217 Å². The van der Waals surface area contributed by atoms with E-state index in [-0.39, 0.29) is 30.2 Å². The molecule has 0 bridgehead atoms. The lowest BCUT2D eigenvalue weighted by molar-refractivity contribution is -0.159. The molecule has 0 radical (unpaired) electrons. The van der Waals surface area contributed by atoms with Gasteiger partial charge in [-0.05, 0) is 50.5 Å². The van der Waals surface area contributed by atoms with Gasteiger partial charge in [-0.1, -0.05) is 41.6 Å². The molecular formula is C27H27F3N4O4. The highest BCUT2D eigenvalue weighted by Crippen LogP contribution is 2.37. The van der Waals surface area contributed by atoms with Crippen LogP contribution in [0.4, 0.5) is 18.0 Å². The van der Waals surface area contributed by atoms with Gasteiger partial charge >= 0.3 is 18.2 Å². The molecule has 0 saturated carbocycles. The second kappa shape index (κ2) is 9.45. The molecule has 1 saturated heterocycles. The zero-order valence-electron chi connectivity index (χ0n) is 21.2. The van der Waals surface area contributed by atoms with Gasteiger partial charge in [-0.15, -0.1) is 0 Å². The third-order valence-electron chi connectivity index (χ3n) is 6.72. The zero-order valence-corrected chi connectivity index (χ0v) is 21.2. The van der Waals surface area contributed by atoms with Crippen LogP contribution in [0.2, 0.25) is 0 Å². The minimum Gasteiger partial charge on any atom is -0.444 e. The number of ether oxygens (including phenoxy) is 1. The summed E-state index contributed by atoms with van der Waals surface area (Å²) in [6, 6.07) is 14.3. The van der Waals surface area contributed by atoms with E-state index in [2.05, 4.69) is 14.7 Å². The number of benzene rings is 2. The number of nitrogens with zero attached hydrogens (tertiary/aromatic N) is 4. The van der Waals surface area contributed by atoms with E-state index >= 15 is 0 Å². The molecule has 200 valence electrons. The standard InChI is InChI=1S/C27H27F3N4O4/c1-26(2,3)37-25(36)33-12-11-21(20(15-33)16-7-5-4-6-8-16)34-14-18-13-17(9-10-19(18)23(34)35)22-31-24(38-32-22)27(28,29)30/h4-10,13,20-21H,11-12,14-15H2,1-3H3. The van der Waals surface area contributed by atoms with Crippen molar-refractivity contribution in [3.8, 4) is 11.4 Å². The monoisotopic (exact) mass is 528 g/mol. The van der Waals surface area contributed by atoms with E-state index in [4.69, 9.17) is 4.74 Å². The Hall–Kier alpha value is -3.89. The van der Waals surface area contributed by atoms with Crippen LogP contribution in [0.5, 0.6) is 0 Å². The number of halogens is 3. The molecule has 3 aromatic rings. The van der Waals surface area contributed by atoms with Crippen molar-refractivity contribution in [2.45, 2.75) is 57.5 Å². The van der Waals surface area contributed by atoms with Crippen LogP contribution in [0.1, 0.15) is 60.5 Å². The molecule has 2 aliphatic heterocycles. The summed E-state index contributed by atoms with van der Waals surface area (Å²) in [5.74, 6) is -1.93. The molecule has 38 heavy (non-hydrogen) atoms. The Morgan fingerprint density at radius 3 is 2.50 bits per heavy atom. The predicted molar refractivity (Wildman–Crippen MR) is 130 cm³/mol. The van der Waals surface area contributed by atoms with Crippen LogP contribution in [0.25, 0.3) is 11.4 Å². The first-order valence-corrected chi connectivity index (χ1v) is 12.3. The molecule has 1 aromatic heterocycles. The van der Waals surface area contributed by atoms with Crippen molar-refractivity contribution in [2.75, 3.05) is 13.1 Å². The van der Waals surface area contributed by atoms with Crippen LogP contribution < -0.4 is 0 Å². The van der Waals surface area contributed by atoms with Crippen molar-refractivity contribution in [3.05, 3.63) is 71.1 Å². The Bertz CT molecular complexity index is 1350. The second-order valence-corrected chi connectivity index (χ2v) is 10.5. The summed E-state index contributed by atoms with van der Waals surface area (Å²) < 4.78 is 48.6. The molecule has 8 nitrogen and oxygen atoms in total. The van der Waals surface area contributed by atoms with Gasteiger partial charge in [-0.25, -0.2) is 4.79 Å². The van der Waals surface area contributed by atoms with Crippen LogP contribution in [-0.2, 0) is 17.5 Å². The van der Waals surface area contributed by atoms with Crippen molar-refractivity contribution in [1.29, 1.82) is 0 Å². The van der Waals surface area contributed by atoms with Crippen molar-refractivity contribution in [1.82, 2.24) is 19.9 Å². The number of piperidine rings is 1. The average Bonchev–Trinajstić information content (AvgIpc) is 3.48. The molecule has 2 aliphatic rings. The number of carbonyl (C=O) groups excluding carboxylic acids is 2. The minimum atomic E-state index is -4.74. The Kier molecular flexibility index (Phi) is 6.40. The molecule has 0 N–H and O–H groups in total. The Morgan fingerprint density at radius 1 is 1.11 bits per heavy atom. The lowest BCUT2D eigenvalue weighted by Gasteiger charge is -2.43. The molecule has 5 rings (SSSR count). The first-order valence-electron chi connectivity index (χ1n) is 12.3. The van der Waals surface area contributed by atoms with Gasteiger partial charge in [0.05, 0.1) is 0 Å². The first kappa shape index (κ1) is 25.7. The number of fused-ring (bicyclic) bond motifs is 1. The van der Waals surface area contributed by atoms with Crippen LogP contribution >= 0.6 is 0 Å². The second-order valence-electron chi connectivity index (χ2n) is 10.5. The van der Waals surface area contributed by atoms with Gasteiger partial charge in [-0.3, -0.25) is 4.79 Å². The molecular weight excluding hydrogens is 501 g/mol. The van der Waals surface area contributed by atoms with Gasteiger partial charge in [0.2, 0.25) is 5.82 Å². The number of hydrogen-bond acceptors (Lipinski definition) is 6. The van der Waals surface area contributed by atoms with E-state index in [9.17, 15) is 22.8 Å². The molecule has 3 heterocycles. The van der Waals surface area contributed by atoms with Gasteiger partial charge in [-0.2, -0.15) is 18.2 Å². The number of amides is 2. The van der Waals surface area contributed by atoms with Crippen molar-refractivity contribution in [3.63, 3.8) is 0 Å². The summed E-state index contributed by atoms with van der Waals surface area (Å²) in [6.07, 6.45) is -4.59. The number of carbonyl (C=O) groups is 2. The lowest BCUT2D eigenvalue weighted by atomic mass is 9.85. The number of alkyl halides is 3. The summed E-state index contributed by atoms with van der Waals surface area (Å²) in [6.45, 7) is 6.56. The predicted octanol–water partition coefficient (Wildman–Crippen LogP) is 5.50.